The zero-order valence-electron chi connectivity index (χ0n) is 12.8. The average molecular weight is 352 g/mol. The molecule has 3 rings (SSSR count). The standard InChI is InChI=1S/C12H18N2OS.C2HF3O2/c1-8-3-10-4-14(5-11(10)15-8)6-12-9(2)13-7-16-12;3-2(4,5)1(6)7/h7-8,10-11H,3-6H2,1-2H3;(H,6,7)/t8-,10+,11-;/m1./s1. The van der Waals surface area contributed by atoms with Crippen molar-refractivity contribution in [2.75, 3.05) is 13.1 Å². The van der Waals surface area contributed by atoms with Gasteiger partial charge in [-0.15, -0.1) is 11.3 Å². The van der Waals surface area contributed by atoms with Crippen LogP contribution in [-0.4, -0.2) is 52.4 Å². The molecule has 130 valence electrons. The molecule has 1 aromatic rings. The van der Waals surface area contributed by atoms with Crippen LogP contribution in [0.3, 0.4) is 0 Å². The van der Waals surface area contributed by atoms with E-state index >= 15 is 0 Å². The molecule has 0 amide bonds. The van der Waals surface area contributed by atoms with Crippen LogP contribution in [0.15, 0.2) is 5.51 Å². The normalized spacial score (nSPS) is 27.4. The lowest BCUT2D eigenvalue weighted by molar-refractivity contribution is -0.192. The maximum absolute atomic E-state index is 10.6. The molecule has 3 heterocycles. The number of rotatable bonds is 2. The van der Waals surface area contributed by atoms with Crippen molar-refractivity contribution in [1.29, 1.82) is 0 Å². The van der Waals surface area contributed by atoms with Crippen molar-refractivity contribution in [1.82, 2.24) is 9.88 Å². The molecule has 1 N–H and O–H groups in total. The summed E-state index contributed by atoms with van der Waals surface area (Å²) in [4.78, 5) is 17.1. The molecule has 2 fully saturated rings. The maximum atomic E-state index is 10.6. The lowest BCUT2D eigenvalue weighted by Gasteiger charge is -2.17. The van der Waals surface area contributed by atoms with Gasteiger partial charge in [-0.3, -0.25) is 4.90 Å². The fourth-order valence-corrected chi connectivity index (χ4v) is 3.72. The molecule has 0 radical (unpaired) electrons. The number of thiazole rings is 1. The number of hydrogen-bond acceptors (Lipinski definition) is 5. The fraction of sp³-hybridized carbons (Fsp3) is 0.714. The van der Waals surface area contributed by atoms with Gasteiger partial charge in [0.2, 0.25) is 0 Å². The monoisotopic (exact) mass is 352 g/mol. The summed E-state index contributed by atoms with van der Waals surface area (Å²) in [5.74, 6) is -1.99. The first-order chi connectivity index (χ1) is 10.7. The molecule has 2 saturated heterocycles. The van der Waals surface area contributed by atoms with Crippen molar-refractivity contribution >= 4 is 17.3 Å². The maximum Gasteiger partial charge on any atom is 0.490 e. The molecule has 0 spiro atoms. The smallest absolute Gasteiger partial charge is 0.475 e. The second kappa shape index (κ2) is 7.14. The van der Waals surface area contributed by atoms with Crippen LogP contribution >= 0.6 is 11.3 Å². The molecule has 9 heteroatoms. The third kappa shape index (κ3) is 4.89. The SMILES string of the molecule is Cc1ncsc1CN1C[C@@H]2C[C@@H](C)O[C@@H]2C1.O=C(O)C(F)(F)F. The van der Waals surface area contributed by atoms with Crippen LogP contribution in [0, 0.1) is 12.8 Å². The zero-order valence-corrected chi connectivity index (χ0v) is 13.7. The van der Waals surface area contributed by atoms with E-state index in [0.29, 0.717) is 12.2 Å². The minimum absolute atomic E-state index is 0.474. The predicted molar refractivity (Wildman–Crippen MR) is 78.3 cm³/mol. The van der Waals surface area contributed by atoms with Gasteiger partial charge in [-0.05, 0) is 20.3 Å². The summed E-state index contributed by atoms with van der Waals surface area (Å²) in [6.07, 6.45) is -2.88. The van der Waals surface area contributed by atoms with Crippen LogP contribution in [0.2, 0.25) is 0 Å². The van der Waals surface area contributed by atoms with Crippen LogP contribution < -0.4 is 0 Å². The van der Waals surface area contributed by atoms with E-state index in [1.54, 1.807) is 11.3 Å². The van der Waals surface area contributed by atoms with Crippen LogP contribution in [0.25, 0.3) is 0 Å². The van der Waals surface area contributed by atoms with Gasteiger partial charge in [-0.1, -0.05) is 0 Å². The Bertz CT molecular complexity index is 536. The molecule has 0 bridgehead atoms. The van der Waals surface area contributed by atoms with Gasteiger partial charge in [0.05, 0.1) is 23.4 Å². The number of carboxylic acids is 1. The second-order valence-corrected chi connectivity index (χ2v) is 6.78. The van der Waals surface area contributed by atoms with E-state index in [0.717, 1.165) is 19.0 Å². The number of aryl methyl sites for hydroxylation is 1. The summed E-state index contributed by atoms with van der Waals surface area (Å²) in [5, 5.41) is 7.12. The molecule has 1 aromatic heterocycles. The van der Waals surface area contributed by atoms with E-state index in [1.807, 2.05) is 5.51 Å². The highest BCUT2D eigenvalue weighted by molar-refractivity contribution is 7.09. The zero-order chi connectivity index (χ0) is 17.2. The van der Waals surface area contributed by atoms with E-state index in [-0.39, 0.29) is 0 Å². The molecule has 5 nitrogen and oxygen atoms in total. The lowest BCUT2D eigenvalue weighted by Crippen LogP contribution is -2.24. The molecule has 0 saturated carbocycles. The molecular weight excluding hydrogens is 333 g/mol. The first-order valence-corrected chi connectivity index (χ1v) is 8.11. The van der Waals surface area contributed by atoms with Gasteiger partial charge in [-0.25, -0.2) is 9.78 Å². The Morgan fingerprint density at radius 1 is 1.52 bits per heavy atom. The number of aromatic nitrogens is 1. The topological polar surface area (TPSA) is 62.7 Å². The van der Waals surface area contributed by atoms with Crippen molar-refractivity contribution in [3.8, 4) is 0 Å². The van der Waals surface area contributed by atoms with Crippen LogP contribution in [0.1, 0.15) is 23.9 Å². The number of nitrogens with zero attached hydrogens (tertiary/aromatic N) is 2. The summed E-state index contributed by atoms with van der Waals surface area (Å²) in [5.41, 5.74) is 3.14. The van der Waals surface area contributed by atoms with E-state index in [9.17, 15) is 13.2 Å². The van der Waals surface area contributed by atoms with Gasteiger partial charge < -0.3 is 9.84 Å². The van der Waals surface area contributed by atoms with E-state index < -0.39 is 12.1 Å². The number of aliphatic carboxylic acids is 1. The first-order valence-electron chi connectivity index (χ1n) is 7.23. The summed E-state index contributed by atoms with van der Waals surface area (Å²) in [7, 11) is 0. The highest BCUT2D eigenvalue weighted by Gasteiger charge is 2.40. The number of alkyl halides is 3. The van der Waals surface area contributed by atoms with Gasteiger partial charge in [0.1, 0.15) is 0 Å². The highest BCUT2D eigenvalue weighted by Crippen LogP contribution is 2.33. The van der Waals surface area contributed by atoms with Gasteiger partial charge in [0, 0.05) is 30.4 Å². The molecule has 23 heavy (non-hydrogen) atoms. The first kappa shape index (κ1) is 18.2. The van der Waals surface area contributed by atoms with Crippen molar-refractivity contribution in [2.24, 2.45) is 5.92 Å². The number of carboxylic acid groups (broad SMARTS) is 1. The highest BCUT2D eigenvalue weighted by atomic mass is 32.1. The average Bonchev–Trinajstić information content (AvgIpc) is 3.05. The Labute approximate surface area is 136 Å². The second-order valence-electron chi connectivity index (χ2n) is 5.84. The molecule has 2 aliphatic heterocycles. The summed E-state index contributed by atoms with van der Waals surface area (Å²) >= 11 is 1.77. The lowest BCUT2D eigenvalue weighted by atomic mass is 10.0. The third-order valence-electron chi connectivity index (χ3n) is 3.95. The number of carbonyl (C=O) groups is 1. The van der Waals surface area contributed by atoms with E-state index in [2.05, 4.69) is 23.7 Å². The number of ether oxygens (including phenoxy) is 1. The third-order valence-corrected chi connectivity index (χ3v) is 4.87. The minimum Gasteiger partial charge on any atom is -0.475 e. The van der Waals surface area contributed by atoms with Crippen LogP contribution in [-0.2, 0) is 16.1 Å². The number of hydrogen-bond donors (Lipinski definition) is 1. The van der Waals surface area contributed by atoms with Gasteiger partial charge in [-0.2, -0.15) is 13.2 Å². The van der Waals surface area contributed by atoms with E-state index in [4.69, 9.17) is 14.6 Å². The Morgan fingerprint density at radius 2 is 2.17 bits per heavy atom. The van der Waals surface area contributed by atoms with Gasteiger partial charge in [0.25, 0.3) is 0 Å². The summed E-state index contributed by atoms with van der Waals surface area (Å²) in [6.45, 7) is 7.65. The molecule has 2 aliphatic rings. The Balaban J connectivity index is 0.000000236. The Hall–Kier alpha value is -1.19. The molecule has 0 aliphatic carbocycles. The molecular formula is C14H19F3N2O3S. The van der Waals surface area contributed by atoms with E-state index in [1.165, 1.54) is 23.5 Å². The van der Waals surface area contributed by atoms with Crippen LogP contribution in [0.5, 0.6) is 0 Å². The van der Waals surface area contributed by atoms with Gasteiger partial charge >= 0.3 is 12.1 Å². The summed E-state index contributed by atoms with van der Waals surface area (Å²) < 4.78 is 37.6. The van der Waals surface area contributed by atoms with Crippen LogP contribution in [0.4, 0.5) is 13.2 Å². The predicted octanol–water partition coefficient (Wildman–Crippen LogP) is 2.69. The van der Waals surface area contributed by atoms with Crippen molar-refractivity contribution in [3.63, 3.8) is 0 Å². The fourth-order valence-electron chi connectivity index (χ4n) is 2.90. The molecule has 0 unspecified atom stereocenters. The van der Waals surface area contributed by atoms with Gasteiger partial charge in [0.15, 0.2) is 0 Å². The van der Waals surface area contributed by atoms with Crippen molar-refractivity contribution in [3.05, 3.63) is 16.1 Å². The Kier molecular flexibility index (Phi) is 5.64. The quantitative estimate of drug-likeness (QED) is 0.887. The number of halogens is 3. The molecule has 0 aromatic carbocycles. The number of likely N-dealkylation sites (tertiary alicyclic amines) is 1. The molecule has 3 atom stereocenters. The number of fused-ring (bicyclic) bond motifs is 1. The largest absolute Gasteiger partial charge is 0.490 e. The van der Waals surface area contributed by atoms with Crippen molar-refractivity contribution < 1.29 is 27.8 Å². The summed E-state index contributed by atoms with van der Waals surface area (Å²) in [6, 6.07) is 0. The Morgan fingerprint density at radius 3 is 2.65 bits per heavy atom. The van der Waals surface area contributed by atoms with Crippen molar-refractivity contribution in [2.45, 2.75) is 45.2 Å². The minimum atomic E-state index is -5.08.